The van der Waals surface area contributed by atoms with Crippen LogP contribution in [0.3, 0.4) is 0 Å². The SMILES string of the molecule is Cc1ccc(CC(C)C)cc1Cl. The zero-order valence-electron chi connectivity index (χ0n) is 7.89. The van der Waals surface area contributed by atoms with Crippen LogP contribution >= 0.6 is 11.6 Å². The molecule has 1 aromatic rings. The minimum absolute atomic E-state index is 0.698. The van der Waals surface area contributed by atoms with Crippen LogP contribution < -0.4 is 0 Å². The number of hydrogen-bond donors (Lipinski definition) is 0. The largest absolute Gasteiger partial charge is 0.0840 e. The molecule has 0 aromatic heterocycles. The van der Waals surface area contributed by atoms with E-state index in [0.717, 1.165) is 17.0 Å². The molecule has 0 saturated carbocycles. The number of hydrogen-bond acceptors (Lipinski definition) is 0. The van der Waals surface area contributed by atoms with Crippen LogP contribution in [0.15, 0.2) is 18.2 Å². The molecule has 0 saturated heterocycles. The van der Waals surface area contributed by atoms with E-state index in [4.69, 9.17) is 11.6 Å². The zero-order valence-corrected chi connectivity index (χ0v) is 8.65. The van der Waals surface area contributed by atoms with Gasteiger partial charge in [-0.2, -0.15) is 0 Å². The molecule has 1 heteroatoms. The maximum absolute atomic E-state index is 6.00. The average molecular weight is 183 g/mol. The molecule has 0 amide bonds. The van der Waals surface area contributed by atoms with Gasteiger partial charge < -0.3 is 0 Å². The lowest BCUT2D eigenvalue weighted by atomic mass is 10.0. The Labute approximate surface area is 79.6 Å². The van der Waals surface area contributed by atoms with Gasteiger partial charge in [0, 0.05) is 5.02 Å². The van der Waals surface area contributed by atoms with E-state index < -0.39 is 0 Å². The molecule has 0 aliphatic carbocycles. The Bertz CT molecular complexity index is 264. The van der Waals surface area contributed by atoms with Gasteiger partial charge in [0.05, 0.1) is 0 Å². The van der Waals surface area contributed by atoms with Crippen molar-refractivity contribution >= 4 is 11.6 Å². The summed E-state index contributed by atoms with van der Waals surface area (Å²) in [5.41, 5.74) is 2.49. The number of benzene rings is 1. The Kier molecular flexibility index (Phi) is 3.16. The highest BCUT2D eigenvalue weighted by Crippen LogP contribution is 2.18. The lowest BCUT2D eigenvalue weighted by Crippen LogP contribution is -1.93. The fourth-order valence-corrected chi connectivity index (χ4v) is 1.44. The zero-order chi connectivity index (χ0) is 9.14. The third kappa shape index (κ3) is 2.53. The van der Waals surface area contributed by atoms with Gasteiger partial charge in [-0.25, -0.2) is 0 Å². The Morgan fingerprint density at radius 2 is 2.00 bits per heavy atom. The predicted molar refractivity (Wildman–Crippen MR) is 54.7 cm³/mol. The molecule has 0 aliphatic heterocycles. The van der Waals surface area contributed by atoms with Crippen LogP contribution in [-0.4, -0.2) is 0 Å². The van der Waals surface area contributed by atoms with Crippen LogP contribution in [0.2, 0.25) is 5.02 Å². The molecule has 0 radical (unpaired) electrons. The highest BCUT2D eigenvalue weighted by molar-refractivity contribution is 6.31. The first-order valence-corrected chi connectivity index (χ1v) is 4.72. The molecule has 1 rings (SSSR count). The first kappa shape index (κ1) is 9.60. The van der Waals surface area contributed by atoms with Crippen LogP contribution in [-0.2, 0) is 6.42 Å². The monoisotopic (exact) mass is 182 g/mol. The number of rotatable bonds is 2. The van der Waals surface area contributed by atoms with Gasteiger partial charge in [-0.05, 0) is 36.5 Å². The standard InChI is InChI=1S/C11H15Cl/c1-8(2)6-10-5-4-9(3)11(12)7-10/h4-5,7-8H,6H2,1-3H3. The lowest BCUT2D eigenvalue weighted by Gasteiger charge is -2.06. The topological polar surface area (TPSA) is 0 Å². The van der Waals surface area contributed by atoms with Crippen molar-refractivity contribution in [2.45, 2.75) is 27.2 Å². The Hall–Kier alpha value is -0.490. The van der Waals surface area contributed by atoms with Crippen molar-refractivity contribution in [2.24, 2.45) is 5.92 Å². The van der Waals surface area contributed by atoms with Crippen LogP contribution in [0.5, 0.6) is 0 Å². The second-order valence-electron chi connectivity index (χ2n) is 3.68. The molecule has 0 atom stereocenters. The normalized spacial score (nSPS) is 10.8. The van der Waals surface area contributed by atoms with Gasteiger partial charge in [0.15, 0.2) is 0 Å². The molecule has 0 aliphatic rings. The van der Waals surface area contributed by atoms with E-state index in [1.165, 1.54) is 5.56 Å². The summed E-state index contributed by atoms with van der Waals surface area (Å²) in [7, 11) is 0. The van der Waals surface area contributed by atoms with Crippen molar-refractivity contribution in [1.82, 2.24) is 0 Å². The van der Waals surface area contributed by atoms with E-state index in [1.54, 1.807) is 0 Å². The van der Waals surface area contributed by atoms with Gasteiger partial charge >= 0.3 is 0 Å². The van der Waals surface area contributed by atoms with Crippen LogP contribution in [0.1, 0.15) is 25.0 Å². The van der Waals surface area contributed by atoms with Gasteiger partial charge in [0.25, 0.3) is 0 Å². The molecule has 0 N–H and O–H groups in total. The van der Waals surface area contributed by atoms with Gasteiger partial charge in [-0.15, -0.1) is 0 Å². The van der Waals surface area contributed by atoms with Gasteiger partial charge in [0.2, 0.25) is 0 Å². The molecule has 1 aromatic carbocycles. The van der Waals surface area contributed by atoms with Crippen molar-refractivity contribution in [3.8, 4) is 0 Å². The second kappa shape index (κ2) is 3.95. The van der Waals surface area contributed by atoms with Crippen molar-refractivity contribution in [3.63, 3.8) is 0 Å². The van der Waals surface area contributed by atoms with E-state index in [0.29, 0.717) is 5.92 Å². The summed E-state index contributed by atoms with van der Waals surface area (Å²) in [4.78, 5) is 0. The predicted octanol–water partition coefficient (Wildman–Crippen LogP) is 3.85. The minimum atomic E-state index is 0.698. The van der Waals surface area contributed by atoms with Gasteiger partial charge in [-0.3, -0.25) is 0 Å². The molecule has 0 heterocycles. The molecule has 66 valence electrons. The van der Waals surface area contributed by atoms with E-state index in [1.807, 2.05) is 6.92 Å². The quantitative estimate of drug-likeness (QED) is 0.652. The molecule has 0 spiro atoms. The minimum Gasteiger partial charge on any atom is -0.0840 e. The number of aryl methyl sites for hydroxylation is 1. The van der Waals surface area contributed by atoms with E-state index >= 15 is 0 Å². The molecule has 0 bridgehead atoms. The summed E-state index contributed by atoms with van der Waals surface area (Å²) in [5.74, 6) is 0.698. The van der Waals surface area contributed by atoms with Crippen molar-refractivity contribution in [3.05, 3.63) is 34.3 Å². The Morgan fingerprint density at radius 3 is 2.50 bits per heavy atom. The fourth-order valence-electron chi connectivity index (χ4n) is 1.23. The van der Waals surface area contributed by atoms with Crippen molar-refractivity contribution in [1.29, 1.82) is 0 Å². The summed E-state index contributed by atoms with van der Waals surface area (Å²) in [6.45, 7) is 6.46. The Balaban J connectivity index is 2.82. The summed E-state index contributed by atoms with van der Waals surface area (Å²) in [6.07, 6.45) is 1.11. The summed E-state index contributed by atoms with van der Waals surface area (Å²) in [6, 6.07) is 6.30. The van der Waals surface area contributed by atoms with E-state index in [9.17, 15) is 0 Å². The molecule has 0 nitrogen and oxygen atoms in total. The third-order valence-corrected chi connectivity index (χ3v) is 2.29. The first-order chi connectivity index (χ1) is 5.59. The molecular formula is C11H15Cl. The van der Waals surface area contributed by atoms with Gasteiger partial charge in [-0.1, -0.05) is 37.6 Å². The maximum Gasteiger partial charge on any atom is 0.0437 e. The fraction of sp³-hybridized carbons (Fsp3) is 0.455. The molecular weight excluding hydrogens is 168 g/mol. The third-order valence-electron chi connectivity index (χ3n) is 1.88. The summed E-state index contributed by atoms with van der Waals surface area (Å²) >= 11 is 6.00. The highest BCUT2D eigenvalue weighted by Gasteiger charge is 1.99. The first-order valence-electron chi connectivity index (χ1n) is 4.34. The smallest absolute Gasteiger partial charge is 0.0437 e. The van der Waals surface area contributed by atoms with Crippen molar-refractivity contribution in [2.75, 3.05) is 0 Å². The van der Waals surface area contributed by atoms with Crippen molar-refractivity contribution < 1.29 is 0 Å². The van der Waals surface area contributed by atoms with E-state index in [2.05, 4.69) is 32.0 Å². The average Bonchev–Trinajstić information content (AvgIpc) is 1.96. The van der Waals surface area contributed by atoms with Crippen LogP contribution in [0, 0.1) is 12.8 Å². The van der Waals surface area contributed by atoms with Crippen LogP contribution in [0.25, 0.3) is 0 Å². The van der Waals surface area contributed by atoms with Crippen LogP contribution in [0.4, 0.5) is 0 Å². The molecule has 0 unspecified atom stereocenters. The van der Waals surface area contributed by atoms with E-state index in [-0.39, 0.29) is 0 Å². The Morgan fingerprint density at radius 1 is 1.33 bits per heavy atom. The number of halogens is 1. The molecule has 12 heavy (non-hydrogen) atoms. The second-order valence-corrected chi connectivity index (χ2v) is 4.09. The molecule has 0 fully saturated rings. The van der Waals surface area contributed by atoms with Gasteiger partial charge in [0.1, 0.15) is 0 Å². The maximum atomic E-state index is 6.00. The summed E-state index contributed by atoms with van der Waals surface area (Å²) in [5, 5.41) is 0.883. The lowest BCUT2D eigenvalue weighted by molar-refractivity contribution is 0.647. The summed E-state index contributed by atoms with van der Waals surface area (Å²) < 4.78 is 0. The highest BCUT2D eigenvalue weighted by atomic mass is 35.5.